The molecule has 0 aliphatic carbocycles. The van der Waals surface area contributed by atoms with Crippen molar-refractivity contribution in [3.8, 4) is 0 Å². The van der Waals surface area contributed by atoms with Crippen molar-refractivity contribution in [2.45, 2.75) is 18.8 Å². The normalized spacial score (nSPS) is 15.9. The van der Waals surface area contributed by atoms with Gasteiger partial charge in [0, 0.05) is 37.6 Å². The number of nitrogens with one attached hydrogen (secondary N) is 1. The van der Waals surface area contributed by atoms with E-state index in [0.717, 1.165) is 17.8 Å². The van der Waals surface area contributed by atoms with Gasteiger partial charge in [0.25, 0.3) is 5.91 Å². The van der Waals surface area contributed by atoms with Crippen LogP contribution in [0, 0.1) is 0 Å². The van der Waals surface area contributed by atoms with Crippen LogP contribution in [0.25, 0.3) is 0 Å². The fourth-order valence-electron chi connectivity index (χ4n) is 1.83. The van der Waals surface area contributed by atoms with Gasteiger partial charge in [-0.2, -0.15) is 8.78 Å². The Balaban J connectivity index is 1.82. The summed E-state index contributed by atoms with van der Waals surface area (Å²) >= 11 is 0.731. The first-order valence-electron chi connectivity index (χ1n) is 5.85. The molecule has 1 aliphatic heterocycles. The predicted molar refractivity (Wildman–Crippen MR) is 64.8 cm³/mol. The smallest absolute Gasteiger partial charge is 0.349 e. The highest BCUT2D eigenvalue weighted by Gasteiger charge is 2.43. The number of likely N-dealkylation sites (tertiary alicyclic amines) is 1. The molecule has 0 aromatic carbocycles. The molecule has 1 N–H and O–H groups in total. The minimum absolute atomic E-state index is 0.000864. The van der Waals surface area contributed by atoms with Crippen LogP contribution in [0.1, 0.15) is 17.8 Å². The van der Waals surface area contributed by atoms with Gasteiger partial charge in [-0.1, -0.05) is 0 Å². The molecular weight excluding hydrogens is 276 g/mol. The number of halogens is 2. The Labute approximate surface area is 112 Å². The summed E-state index contributed by atoms with van der Waals surface area (Å²) < 4.78 is 27.2. The lowest BCUT2D eigenvalue weighted by molar-refractivity contribution is -0.147. The van der Waals surface area contributed by atoms with E-state index in [1.165, 1.54) is 11.6 Å². The van der Waals surface area contributed by atoms with E-state index < -0.39 is 16.8 Å². The van der Waals surface area contributed by atoms with Crippen LogP contribution in [0.4, 0.5) is 8.78 Å². The summed E-state index contributed by atoms with van der Waals surface area (Å²) in [6.45, 7) is 0.904. The number of carbonyl (C=O) groups is 2. The fourth-order valence-corrected chi connectivity index (χ4v) is 2.44. The van der Waals surface area contributed by atoms with Gasteiger partial charge >= 0.3 is 5.92 Å². The Morgan fingerprint density at radius 3 is 2.95 bits per heavy atom. The number of amides is 2. The number of aromatic nitrogens is 1. The average molecular weight is 289 g/mol. The minimum atomic E-state index is -3.62. The molecule has 1 aromatic heterocycles. The van der Waals surface area contributed by atoms with Gasteiger partial charge < -0.3 is 10.2 Å². The molecule has 1 aliphatic rings. The van der Waals surface area contributed by atoms with Crippen molar-refractivity contribution >= 4 is 23.2 Å². The molecule has 2 heterocycles. The van der Waals surface area contributed by atoms with Crippen molar-refractivity contribution in [3.05, 3.63) is 16.6 Å². The Morgan fingerprint density at radius 1 is 1.58 bits per heavy atom. The summed E-state index contributed by atoms with van der Waals surface area (Å²) in [7, 11) is 0. The molecule has 0 radical (unpaired) electrons. The second-order valence-corrected chi connectivity index (χ2v) is 5.05. The number of rotatable bonds is 5. The third-order valence-electron chi connectivity index (χ3n) is 2.82. The summed E-state index contributed by atoms with van der Waals surface area (Å²) in [5, 5.41) is 3.01. The van der Waals surface area contributed by atoms with Crippen LogP contribution in [0.5, 0.6) is 0 Å². The van der Waals surface area contributed by atoms with Crippen LogP contribution < -0.4 is 5.32 Å². The van der Waals surface area contributed by atoms with Crippen LogP contribution in [-0.4, -0.2) is 41.3 Å². The molecule has 1 saturated heterocycles. The molecule has 1 fully saturated rings. The zero-order valence-electron chi connectivity index (χ0n) is 10.1. The van der Waals surface area contributed by atoms with Crippen molar-refractivity contribution in [2.24, 2.45) is 0 Å². The zero-order valence-corrected chi connectivity index (χ0v) is 10.9. The van der Waals surface area contributed by atoms with Gasteiger partial charge in [-0.3, -0.25) is 9.59 Å². The van der Waals surface area contributed by atoms with Crippen molar-refractivity contribution in [3.63, 3.8) is 0 Å². The van der Waals surface area contributed by atoms with Crippen LogP contribution in [-0.2, 0) is 15.5 Å². The summed E-state index contributed by atoms with van der Waals surface area (Å²) in [6, 6.07) is 0. The number of thiazole rings is 1. The molecule has 5 nitrogen and oxygen atoms in total. The van der Waals surface area contributed by atoms with E-state index in [1.807, 2.05) is 0 Å². The van der Waals surface area contributed by atoms with Gasteiger partial charge in [0.15, 0.2) is 5.01 Å². The van der Waals surface area contributed by atoms with Crippen molar-refractivity contribution in [1.29, 1.82) is 0 Å². The first kappa shape index (κ1) is 13.9. The lowest BCUT2D eigenvalue weighted by atomic mass is 10.3. The molecule has 0 bridgehead atoms. The van der Waals surface area contributed by atoms with E-state index in [2.05, 4.69) is 10.3 Å². The Kier molecular flexibility index (Phi) is 4.08. The lowest BCUT2D eigenvalue weighted by Crippen LogP contribution is -2.42. The fraction of sp³-hybridized carbons (Fsp3) is 0.545. The van der Waals surface area contributed by atoms with E-state index >= 15 is 0 Å². The van der Waals surface area contributed by atoms with Crippen molar-refractivity contribution in [2.75, 3.05) is 19.6 Å². The van der Waals surface area contributed by atoms with Gasteiger partial charge in [-0.25, -0.2) is 4.98 Å². The number of alkyl halides is 2. The van der Waals surface area contributed by atoms with Gasteiger partial charge in [0.1, 0.15) is 0 Å². The molecule has 0 unspecified atom stereocenters. The lowest BCUT2D eigenvalue weighted by Gasteiger charge is -2.17. The maximum absolute atomic E-state index is 13.6. The van der Waals surface area contributed by atoms with Crippen LogP contribution in [0.15, 0.2) is 11.6 Å². The third kappa shape index (κ3) is 3.06. The number of hydrogen-bond donors (Lipinski definition) is 1. The Bertz CT molecular complexity index is 465. The second-order valence-electron chi connectivity index (χ2n) is 4.15. The Morgan fingerprint density at radius 2 is 2.37 bits per heavy atom. The molecule has 104 valence electrons. The van der Waals surface area contributed by atoms with Crippen LogP contribution in [0.3, 0.4) is 0 Å². The van der Waals surface area contributed by atoms with Crippen LogP contribution >= 0.6 is 11.3 Å². The highest BCUT2D eigenvalue weighted by atomic mass is 32.1. The largest absolute Gasteiger partial charge is 0.375 e. The van der Waals surface area contributed by atoms with E-state index in [-0.39, 0.29) is 19.0 Å². The zero-order chi connectivity index (χ0) is 13.9. The van der Waals surface area contributed by atoms with E-state index in [0.29, 0.717) is 13.0 Å². The maximum atomic E-state index is 13.6. The topological polar surface area (TPSA) is 62.3 Å². The molecule has 0 spiro atoms. The standard InChI is InChI=1S/C11H13F2N3O2S/c12-11(13,10-15-4-7-19-10)9(18)14-3-6-16-5-1-2-8(16)17/h4,7H,1-3,5-6H2,(H,14,18). The average Bonchev–Trinajstić information content (AvgIpc) is 3.01. The molecule has 0 saturated carbocycles. The third-order valence-corrected chi connectivity index (χ3v) is 3.67. The molecule has 1 aromatic rings. The SMILES string of the molecule is O=C1CCCN1CCNC(=O)C(F)(F)c1nccs1. The minimum Gasteiger partial charge on any atom is -0.349 e. The number of hydrogen-bond acceptors (Lipinski definition) is 4. The van der Waals surface area contributed by atoms with Crippen molar-refractivity contribution < 1.29 is 18.4 Å². The monoisotopic (exact) mass is 289 g/mol. The maximum Gasteiger partial charge on any atom is 0.375 e. The first-order valence-corrected chi connectivity index (χ1v) is 6.73. The first-order chi connectivity index (χ1) is 9.01. The van der Waals surface area contributed by atoms with E-state index in [1.54, 1.807) is 4.90 Å². The second kappa shape index (κ2) is 5.60. The predicted octanol–water partition coefficient (Wildman–Crippen LogP) is 0.973. The summed E-state index contributed by atoms with van der Waals surface area (Å²) in [4.78, 5) is 27.7. The highest BCUT2D eigenvalue weighted by Crippen LogP contribution is 2.29. The Hall–Kier alpha value is -1.57. The highest BCUT2D eigenvalue weighted by molar-refractivity contribution is 7.09. The van der Waals surface area contributed by atoms with Gasteiger partial charge in [-0.15, -0.1) is 11.3 Å². The summed E-state index contributed by atoms with van der Waals surface area (Å²) in [6.07, 6.45) is 2.50. The molecule has 0 atom stereocenters. The molecule has 8 heteroatoms. The molecule has 19 heavy (non-hydrogen) atoms. The van der Waals surface area contributed by atoms with E-state index in [9.17, 15) is 18.4 Å². The van der Waals surface area contributed by atoms with Crippen molar-refractivity contribution in [1.82, 2.24) is 15.2 Å². The van der Waals surface area contributed by atoms with Gasteiger partial charge in [0.2, 0.25) is 5.91 Å². The molecular formula is C11H13F2N3O2S. The number of carbonyl (C=O) groups excluding carboxylic acids is 2. The summed E-state index contributed by atoms with van der Waals surface area (Å²) in [5.41, 5.74) is 0. The van der Waals surface area contributed by atoms with Crippen LogP contribution in [0.2, 0.25) is 0 Å². The quantitative estimate of drug-likeness (QED) is 0.878. The summed E-state index contributed by atoms with van der Waals surface area (Å²) in [5.74, 6) is -5.00. The molecule has 2 amide bonds. The number of nitrogens with zero attached hydrogens (tertiary/aromatic N) is 2. The van der Waals surface area contributed by atoms with E-state index in [4.69, 9.17) is 0 Å². The molecule has 2 rings (SSSR count). The van der Waals surface area contributed by atoms with Gasteiger partial charge in [0.05, 0.1) is 0 Å². The van der Waals surface area contributed by atoms with Gasteiger partial charge in [-0.05, 0) is 6.42 Å².